The van der Waals surface area contributed by atoms with Crippen LogP contribution in [0.1, 0.15) is 148 Å². The lowest BCUT2D eigenvalue weighted by Crippen LogP contribution is -2.28. The molecular formula is C30H55N. The first-order chi connectivity index (χ1) is 15.4. The molecular weight excluding hydrogens is 374 g/mol. The summed E-state index contributed by atoms with van der Waals surface area (Å²) >= 11 is 0. The molecule has 180 valence electrons. The van der Waals surface area contributed by atoms with Gasteiger partial charge in [-0.15, -0.1) is 0 Å². The normalized spacial score (nSPS) is 11.5. The van der Waals surface area contributed by atoms with Gasteiger partial charge in [0, 0.05) is 12.6 Å². The average Bonchev–Trinajstić information content (AvgIpc) is 2.80. The van der Waals surface area contributed by atoms with Gasteiger partial charge in [-0.3, -0.25) is 0 Å². The first-order valence-corrected chi connectivity index (χ1v) is 14.1. The summed E-state index contributed by atoms with van der Waals surface area (Å²) in [7, 11) is 0. The summed E-state index contributed by atoms with van der Waals surface area (Å²) in [6, 6.07) is 11.6. The topological polar surface area (TPSA) is 12.0 Å². The Bertz CT molecular complexity index is 433. The summed E-state index contributed by atoms with van der Waals surface area (Å²) in [5.41, 5.74) is 1.42. The van der Waals surface area contributed by atoms with Crippen molar-refractivity contribution in [3.05, 3.63) is 35.9 Å². The third-order valence-electron chi connectivity index (χ3n) is 6.75. The summed E-state index contributed by atoms with van der Waals surface area (Å²) in [5, 5.41) is 3.89. The van der Waals surface area contributed by atoms with Gasteiger partial charge in [0.1, 0.15) is 0 Å². The molecule has 0 fully saturated rings. The maximum atomic E-state index is 3.89. The van der Waals surface area contributed by atoms with E-state index in [4.69, 9.17) is 0 Å². The van der Waals surface area contributed by atoms with E-state index < -0.39 is 0 Å². The minimum Gasteiger partial charge on any atom is -0.310 e. The van der Waals surface area contributed by atoms with E-state index in [0.29, 0.717) is 6.04 Å². The zero-order valence-corrected chi connectivity index (χ0v) is 21.3. The molecule has 1 nitrogen and oxygen atoms in total. The van der Waals surface area contributed by atoms with Gasteiger partial charge >= 0.3 is 0 Å². The molecule has 0 atom stereocenters. The summed E-state index contributed by atoms with van der Waals surface area (Å²) in [5.74, 6) is 0. The van der Waals surface area contributed by atoms with Crippen LogP contribution < -0.4 is 5.32 Å². The van der Waals surface area contributed by atoms with Crippen LogP contribution in [0.3, 0.4) is 0 Å². The Morgan fingerprint density at radius 2 is 0.903 bits per heavy atom. The second kappa shape index (κ2) is 22.4. The standard InChI is InChI=1S/C30H55N/c1-3-5-7-9-11-13-15-17-22-26-30(31-28-29-24-20-19-21-25-29)27-23-18-16-14-12-10-8-6-4-2/h19-21,24-25,30-31H,3-18,22-23,26-28H2,1-2H3. The van der Waals surface area contributed by atoms with E-state index in [2.05, 4.69) is 49.5 Å². The summed E-state index contributed by atoms with van der Waals surface area (Å²) in [6.45, 7) is 5.63. The van der Waals surface area contributed by atoms with Crippen LogP contribution in [0.5, 0.6) is 0 Å². The highest BCUT2D eigenvalue weighted by molar-refractivity contribution is 5.14. The molecule has 0 unspecified atom stereocenters. The summed E-state index contributed by atoms with van der Waals surface area (Å²) < 4.78 is 0. The molecule has 0 aromatic heterocycles. The average molecular weight is 430 g/mol. The van der Waals surface area contributed by atoms with Gasteiger partial charge in [-0.05, 0) is 18.4 Å². The maximum absolute atomic E-state index is 3.89. The van der Waals surface area contributed by atoms with Crippen LogP contribution in [0.15, 0.2) is 30.3 Å². The SMILES string of the molecule is CCCCCCCCCCCC(CCCCCCCCCCC)NCc1ccccc1. The number of hydrogen-bond donors (Lipinski definition) is 1. The van der Waals surface area contributed by atoms with Gasteiger partial charge in [-0.25, -0.2) is 0 Å². The zero-order valence-electron chi connectivity index (χ0n) is 21.3. The Labute approximate surface area is 196 Å². The second-order valence-corrected chi connectivity index (χ2v) is 9.80. The van der Waals surface area contributed by atoms with Crippen LogP contribution in [0, 0.1) is 0 Å². The molecule has 1 N–H and O–H groups in total. The predicted octanol–water partition coefficient (Wildman–Crippen LogP) is 9.99. The van der Waals surface area contributed by atoms with Crippen molar-refractivity contribution in [1.29, 1.82) is 0 Å². The molecule has 0 amide bonds. The molecule has 0 saturated carbocycles. The fourth-order valence-corrected chi connectivity index (χ4v) is 4.61. The fourth-order valence-electron chi connectivity index (χ4n) is 4.61. The minimum atomic E-state index is 0.703. The number of benzene rings is 1. The highest BCUT2D eigenvalue weighted by atomic mass is 14.9. The van der Waals surface area contributed by atoms with E-state index in [-0.39, 0.29) is 0 Å². The lowest BCUT2D eigenvalue weighted by Gasteiger charge is -2.19. The van der Waals surface area contributed by atoms with Crippen molar-refractivity contribution in [2.45, 2.75) is 155 Å². The van der Waals surface area contributed by atoms with E-state index in [0.717, 1.165) is 6.54 Å². The zero-order chi connectivity index (χ0) is 22.2. The van der Waals surface area contributed by atoms with Gasteiger partial charge in [0.15, 0.2) is 0 Å². The van der Waals surface area contributed by atoms with Gasteiger partial charge < -0.3 is 5.32 Å². The van der Waals surface area contributed by atoms with E-state index in [1.807, 2.05) is 0 Å². The number of rotatable bonds is 23. The first kappa shape index (κ1) is 28.2. The largest absolute Gasteiger partial charge is 0.310 e. The molecule has 1 aromatic rings. The Morgan fingerprint density at radius 1 is 0.516 bits per heavy atom. The molecule has 0 spiro atoms. The van der Waals surface area contributed by atoms with Crippen LogP contribution in [0.4, 0.5) is 0 Å². The number of hydrogen-bond acceptors (Lipinski definition) is 1. The van der Waals surface area contributed by atoms with E-state index in [1.54, 1.807) is 0 Å². The van der Waals surface area contributed by atoms with Crippen molar-refractivity contribution in [1.82, 2.24) is 5.32 Å². The van der Waals surface area contributed by atoms with Crippen LogP contribution in [0.2, 0.25) is 0 Å². The minimum absolute atomic E-state index is 0.703. The van der Waals surface area contributed by atoms with Crippen molar-refractivity contribution in [3.8, 4) is 0 Å². The Hall–Kier alpha value is -0.820. The van der Waals surface area contributed by atoms with Crippen LogP contribution >= 0.6 is 0 Å². The quantitative estimate of drug-likeness (QED) is 0.171. The molecule has 31 heavy (non-hydrogen) atoms. The number of nitrogens with one attached hydrogen (secondary N) is 1. The first-order valence-electron chi connectivity index (χ1n) is 14.1. The van der Waals surface area contributed by atoms with Gasteiger partial charge in [-0.2, -0.15) is 0 Å². The molecule has 0 aliphatic heterocycles. The lowest BCUT2D eigenvalue weighted by molar-refractivity contribution is 0.410. The van der Waals surface area contributed by atoms with Gasteiger partial charge in [0.25, 0.3) is 0 Å². The second-order valence-electron chi connectivity index (χ2n) is 9.80. The molecule has 0 radical (unpaired) electrons. The smallest absolute Gasteiger partial charge is 0.0208 e. The number of unbranched alkanes of at least 4 members (excludes halogenated alkanes) is 16. The van der Waals surface area contributed by atoms with Crippen molar-refractivity contribution >= 4 is 0 Å². The van der Waals surface area contributed by atoms with Gasteiger partial charge in [0.2, 0.25) is 0 Å². The molecule has 0 aliphatic carbocycles. The van der Waals surface area contributed by atoms with Crippen molar-refractivity contribution in [2.75, 3.05) is 0 Å². The maximum Gasteiger partial charge on any atom is 0.0208 e. The lowest BCUT2D eigenvalue weighted by atomic mass is 9.99. The summed E-state index contributed by atoms with van der Waals surface area (Å²) in [6.07, 6.45) is 28.4. The molecule has 0 aliphatic rings. The highest BCUT2D eigenvalue weighted by Gasteiger charge is 2.08. The monoisotopic (exact) mass is 429 g/mol. The third kappa shape index (κ3) is 18.5. The fraction of sp³-hybridized carbons (Fsp3) is 0.800. The van der Waals surface area contributed by atoms with E-state index in [1.165, 1.54) is 134 Å². The molecule has 0 heterocycles. The van der Waals surface area contributed by atoms with Crippen molar-refractivity contribution in [2.24, 2.45) is 0 Å². The Kier molecular flexibility index (Phi) is 20.4. The third-order valence-corrected chi connectivity index (χ3v) is 6.75. The highest BCUT2D eigenvalue weighted by Crippen LogP contribution is 2.16. The van der Waals surface area contributed by atoms with Gasteiger partial charge in [-0.1, -0.05) is 160 Å². The predicted molar refractivity (Wildman–Crippen MR) is 141 cm³/mol. The Balaban J connectivity index is 2.14. The molecule has 1 heteroatoms. The molecule has 0 bridgehead atoms. The van der Waals surface area contributed by atoms with Crippen LogP contribution in [-0.4, -0.2) is 6.04 Å². The van der Waals surface area contributed by atoms with Crippen molar-refractivity contribution in [3.63, 3.8) is 0 Å². The summed E-state index contributed by atoms with van der Waals surface area (Å²) in [4.78, 5) is 0. The molecule has 1 rings (SSSR count). The molecule has 1 aromatic carbocycles. The van der Waals surface area contributed by atoms with E-state index in [9.17, 15) is 0 Å². The van der Waals surface area contributed by atoms with Gasteiger partial charge in [0.05, 0.1) is 0 Å². The van der Waals surface area contributed by atoms with Crippen LogP contribution in [0.25, 0.3) is 0 Å². The molecule has 0 saturated heterocycles. The van der Waals surface area contributed by atoms with Crippen LogP contribution in [-0.2, 0) is 6.54 Å². The Morgan fingerprint density at radius 3 is 1.32 bits per heavy atom. The van der Waals surface area contributed by atoms with Crippen molar-refractivity contribution < 1.29 is 0 Å². The van der Waals surface area contributed by atoms with E-state index >= 15 is 0 Å².